The Balaban J connectivity index is 0.00000320. The van der Waals surface area contributed by atoms with Crippen LogP contribution in [-0.2, 0) is 12.8 Å². The molecule has 1 fully saturated rings. The van der Waals surface area contributed by atoms with Gasteiger partial charge in [0.2, 0.25) is 0 Å². The van der Waals surface area contributed by atoms with Crippen molar-refractivity contribution in [1.29, 1.82) is 0 Å². The largest absolute Gasteiger partial charge is 0.356 e. The van der Waals surface area contributed by atoms with Crippen LogP contribution in [0.25, 0.3) is 0 Å². The summed E-state index contributed by atoms with van der Waals surface area (Å²) < 4.78 is 0. The lowest BCUT2D eigenvalue weighted by Crippen LogP contribution is -2.41. The molecule has 30 heavy (non-hydrogen) atoms. The number of rotatable bonds is 8. The number of halogens is 1. The van der Waals surface area contributed by atoms with Gasteiger partial charge in [-0.3, -0.25) is 9.79 Å². The van der Waals surface area contributed by atoms with Crippen LogP contribution in [0.4, 0.5) is 0 Å². The van der Waals surface area contributed by atoms with Crippen molar-refractivity contribution in [2.75, 3.05) is 34.2 Å². The Morgan fingerprint density at radius 2 is 1.73 bits per heavy atom. The molecule has 1 aliphatic carbocycles. The molecule has 162 valence electrons. The molecule has 0 aliphatic heterocycles. The molecule has 0 aromatic heterocycles. The highest BCUT2D eigenvalue weighted by Crippen LogP contribution is 2.47. The number of hydrogen-bond donors (Lipinski definition) is 2. The molecule has 0 atom stereocenters. The molecule has 0 bridgehead atoms. The highest BCUT2D eigenvalue weighted by molar-refractivity contribution is 14.0. The van der Waals surface area contributed by atoms with E-state index in [2.05, 4.69) is 52.0 Å². The molecule has 0 saturated heterocycles. The van der Waals surface area contributed by atoms with Gasteiger partial charge in [-0.1, -0.05) is 42.5 Å². The van der Waals surface area contributed by atoms with Crippen LogP contribution >= 0.6 is 24.0 Å². The van der Waals surface area contributed by atoms with Gasteiger partial charge in [0.05, 0.1) is 0 Å². The Morgan fingerprint density at radius 3 is 2.37 bits per heavy atom. The van der Waals surface area contributed by atoms with E-state index >= 15 is 0 Å². The average Bonchev–Trinajstić information content (AvgIpc) is 3.50. The second kappa shape index (κ2) is 11.3. The summed E-state index contributed by atoms with van der Waals surface area (Å²) in [6.45, 7) is 1.71. The van der Waals surface area contributed by atoms with E-state index in [4.69, 9.17) is 0 Å². The van der Waals surface area contributed by atoms with Gasteiger partial charge in [-0.25, -0.2) is 0 Å². The molecule has 1 amide bonds. The second-order valence-electron chi connectivity index (χ2n) is 8.16. The molecule has 6 heteroatoms. The number of nitrogens with zero attached hydrogens (tertiary/aromatic N) is 2. The van der Waals surface area contributed by atoms with E-state index in [-0.39, 0.29) is 29.9 Å². The number of hydrogen-bond acceptors (Lipinski definition) is 2. The predicted molar refractivity (Wildman–Crippen MR) is 135 cm³/mol. The summed E-state index contributed by atoms with van der Waals surface area (Å²) in [6.07, 6.45) is 4.48. The van der Waals surface area contributed by atoms with Crippen molar-refractivity contribution >= 4 is 35.8 Å². The lowest BCUT2D eigenvalue weighted by atomic mass is 9.96. The molecule has 2 aromatic carbocycles. The van der Waals surface area contributed by atoms with Crippen molar-refractivity contribution in [3.05, 3.63) is 71.3 Å². The second-order valence-corrected chi connectivity index (χ2v) is 8.16. The monoisotopic (exact) mass is 520 g/mol. The Bertz CT molecular complexity index is 847. The van der Waals surface area contributed by atoms with Crippen LogP contribution in [0.1, 0.15) is 34.3 Å². The predicted octanol–water partition coefficient (Wildman–Crippen LogP) is 3.74. The van der Waals surface area contributed by atoms with Crippen molar-refractivity contribution in [2.45, 2.75) is 25.7 Å². The first-order chi connectivity index (χ1) is 14.0. The van der Waals surface area contributed by atoms with Gasteiger partial charge >= 0.3 is 0 Å². The van der Waals surface area contributed by atoms with E-state index in [1.54, 1.807) is 19.0 Å². The number of amides is 1. The molecule has 1 saturated carbocycles. The fraction of sp³-hybridized carbons (Fsp3) is 0.417. The number of aliphatic imine (C=N–C) groups is 1. The highest BCUT2D eigenvalue weighted by Gasteiger charge is 2.42. The molecule has 0 spiro atoms. The van der Waals surface area contributed by atoms with Crippen LogP contribution in [-0.4, -0.2) is 51.0 Å². The van der Waals surface area contributed by atoms with Gasteiger partial charge in [0, 0.05) is 39.8 Å². The van der Waals surface area contributed by atoms with Gasteiger partial charge in [0.1, 0.15) is 0 Å². The minimum Gasteiger partial charge on any atom is -0.356 e. The van der Waals surface area contributed by atoms with Crippen molar-refractivity contribution in [3.8, 4) is 0 Å². The van der Waals surface area contributed by atoms with Crippen LogP contribution in [0.15, 0.2) is 59.6 Å². The van der Waals surface area contributed by atoms with Gasteiger partial charge in [-0.15, -0.1) is 24.0 Å². The molecule has 3 rings (SSSR count). The minimum atomic E-state index is 0. The van der Waals surface area contributed by atoms with Crippen LogP contribution in [0.2, 0.25) is 0 Å². The normalized spacial score (nSPS) is 14.4. The van der Waals surface area contributed by atoms with Gasteiger partial charge < -0.3 is 15.5 Å². The van der Waals surface area contributed by atoms with Gasteiger partial charge in [0.25, 0.3) is 5.91 Å². The van der Waals surface area contributed by atoms with Crippen molar-refractivity contribution in [3.63, 3.8) is 0 Å². The minimum absolute atomic E-state index is 0. The van der Waals surface area contributed by atoms with E-state index < -0.39 is 0 Å². The standard InChI is InChI=1S/C24H32N4O.HI/c1-25-23(27-18-24(13-14-24)17-20-8-5-4-6-9-20)26-15-12-19-10-7-11-21(16-19)22(29)28(2)3;/h4-11,16H,12-15,17-18H2,1-3H3,(H2,25,26,27);1H. The summed E-state index contributed by atoms with van der Waals surface area (Å²) in [5.41, 5.74) is 3.64. The van der Waals surface area contributed by atoms with Gasteiger partial charge in [-0.2, -0.15) is 0 Å². The summed E-state index contributed by atoms with van der Waals surface area (Å²) in [6, 6.07) is 18.6. The van der Waals surface area contributed by atoms with E-state index in [1.807, 2.05) is 25.2 Å². The molecule has 0 heterocycles. The lowest BCUT2D eigenvalue weighted by molar-refractivity contribution is 0.0827. The summed E-state index contributed by atoms with van der Waals surface area (Å²) in [7, 11) is 5.36. The molecule has 0 radical (unpaired) electrons. The van der Waals surface area contributed by atoms with Crippen LogP contribution in [0.5, 0.6) is 0 Å². The summed E-state index contributed by atoms with van der Waals surface area (Å²) >= 11 is 0. The maximum absolute atomic E-state index is 12.1. The van der Waals surface area contributed by atoms with E-state index in [0.717, 1.165) is 43.0 Å². The van der Waals surface area contributed by atoms with Crippen LogP contribution in [0, 0.1) is 5.41 Å². The maximum Gasteiger partial charge on any atom is 0.253 e. The first kappa shape index (κ1) is 24.2. The quantitative estimate of drug-likeness (QED) is 0.317. The first-order valence-electron chi connectivity index (χ1n) is 10.3. The van der Waals surface area contributed by atoms with Gasteiger partial charge in [-0.05, 0) is 54.4 Å². The summed E-state index contributed by atoms with van der Waals surface area (Å²) in [4.78, 5) is 18.1. The topological polar surface area (TPSA) is 56.7 Å². The highest BCUT2D eigenvalue weighted by atomic mass is 127. The fourth-order valence-electron chi connectivity index (χ4n) is 3.56. The maximum atomic E-state index is 12.1. The molecular weight excluding hydrogens is 487 g/mol. The molecular formula is C24H33IN4O. The van der Waals surface area contributed by atoms with E-state index in [9.17, 15) is 4.79 Å². The average molecular weight is 520 g/mol. The molecule has 0 unspecified atom stereocenters. The SMILES string of the molecule is CN=C(NCCc1cccc(C(=O)N(C)C)c1)NCC1(Cc2ccccc2)CC1.I. The fourth-order valence-corrected chi connectivity index (χ4v) is 3.56. The van der Waals surface area contributed by atoms with Crippen LogP contribution < -0.4 is 10.6 Å². The number of carbonyl (C=O) groups excluding carboxylic acids is 1. The summed E-state index contributed by atoms with van der Waals surface area (Å²) in [5.74, 6) is 0.871. The Labute approximate surface area is 197 Å². The zero-order valence-corrected chi connectivity index (χ0v) is 20.5. The summed E-state index contributed by atoms with van der Waals surface area (Å²) in [5, 5.41) is 6.90. The smallest absolute Gasteiger partial charge is 0.253 e. The van der Waals surface area contributed by atoms with E-state index in [0.29, 0.717) is 5.41 Å². The molecule has 2 aromatic rings. The Kier molecular flexibility index (Phi) is 9.14. The third-order valence-electron chi connectivity index (χ3n) is 5.52. The lowest BCUT2D eigenvalue weighted by Gasteiger charge is -2.19. The zero-order chi connectivity index (χ0) is 20.7. The Morgan fingerprint density at radius 1 is 1.03 bits per heavy atom. The number of guanidine groups is 1. The number of carbonyl (C=O) groups is 1. The molecule has 2 N–H and O–H groups in total. The van der Waals surface area contributed by atoms with Crippen LogP contribution in [0.3, 0.4) is 0 Å². The molecule has 5 nitrogen and oxygen atoms in total. The zero-order valence-electron chi connectivity index (χ0n) is 18.1. The Hall–Kier alpha value is -2.09. The third-order valence-corrected chi connectivity index (χ3v) is 5.52. The third kappa shape index (κ3) is 7.00. The first-order valence-corrected chi connectivity index (χ1v) is 10.3. The van der Waals surface area contributed by atoms with Gasteiger partial charge in [0.15, 0.2) is 5.96 Å². The van der Waals surface area contributed by atoms with Crippen molar-refractivity contribution in [1.82, 2.24) is 15.5 Å². The number of nitrogens with one attached hydrogen (secondary N) is 2. The van der Waals surface area contributed by atoms with Crippen molar-refractivity contribution in [2.24, 2.45) is 10.4 Å². The van der Waals surface area contributed by atoms with Crippen molar-refractivity contribution < 1.29 is 4.79 Å². The molecule has 1 aliphatic rings. The number of benzene rings is 2. The van der Waals surface area contributed by atoms with E-state index in [1.165, 1.54) is 18.4 Å².